The highest BCUT2D eigenvalue weighted by Crippen LogP contribution is 2.21. The van der Waals surface area contributed by atoms with Crippen molar-refractivity contribution in [3.63, 3.8) is 0 Å². The molecule has 0 saturated heterocycles. The monoisotopic (exact) mass is 253 g/mol. The van der Waals surface area contributed by atoms with Crippen LogP contribution in [0.3, 0.4) is 0 Å². The Balaban J connectivity index is 1.97. The average molecular weight is 253 g/mol. The van der Waals surface area contributed by atoms with E-state index in [0.717, 1.165) is 25.0 Å². The number of hydrogen-bond acceptors (Lipinski definition) is 4. The molecule has 2 rings (SSSR count). The Kier molecular flexibility index (Phi) is 3.52. The van der Waals surface area contributed by atoms with E-state index in [1.54, 1.807) is 0 Å². The lowest BCUT2D eigenvalue weighted by atomic mass is 10.2. The molecule has 0 heterocycles. The van der Waals surface area contributed by atoms with Crippen LogP contribution in [0, 0.1) is 15.9 Å². The van der Waals surface area contributed by atoms with Gasteiger partial charge in [-0.2, -0.15) is 4.39 Å². The average Bonchev–Trinajstić information content (AvgIpc) is 3.12. The normalized spacial score (nSPS) is 14.3. The molecular weight excluding hydrogens is 241 g/mol. The summed E-state index contributed by atoms with van der Waals surface area (Å²) in [7, 11) is 0. The summed E-state index contributed by atoms with van der Waals surface area (Å²) < 4.78 is 13.1. The van der Waals surface area contributed by atoms with Crippen molar-refractivity contribution in [2.45, 2.75) is 18.9 Å². The molecule has 6 nitrogen and oxygen atoms in total. The number of benzene rings is 1. The summed E-state index contributed by atoms with van der Waals surface area (Å²) in [4.78, 5) is 21.2. The van der Waals surface area contributed by atoms with Crippen molar-refractivity contribution in [2.75, 3.05) is 11.9 Å². The quantitative estimate of drug-likeness (QED) is 0.614. The van der Waals surface area contributed by atoms with Crippen LogP contribution in [0.15, 0.2) is 18.2 Å². The van der Waals surface area contributed by atoms with Crippen LogP contribution in [0.1, 0.15) is 12.8 Å². The fourth-order valence-corrected chi connectivity index (χ4v) is 1.46. The molecule has 1 aromatic carbocycles. The zero-order valence-corrected chi connectivity index (χ0v) is 9.48. The zero-order chi connectivity index (χ0) is 13.1. The number of nitro groups is 1. The summed E-state index contributed by atoms with van der Waals surface area (Å²) in [5.41, 5.74) is -0.436. The molecular formula is C11H12FN3O3. The Morgan fingerprint density at radius 1 is 1.50 bits per heavy atom. The largest absolute Gasteiger partial charge is 0.325 e. The number of anilines is 1. The van der Waals surface area contributed by atoms with Gasteiger partial charge in [0, 0.05) is 17.8 Å². The van der Waals surface area contributed by atoms with Gasteiger partial charge in [-0.3, -0.25) is 14.9 Å². The third-order valence-electron chi connectivity index (χ3n) is 2.56. The highest BCUT2D eigenvalue weighted by Gasteiger charge is 2.21. The number of nitrogens with one attached hydrogen (secondary N) is 2. The van der Waals surface area contributed by atoms with Gasteiger partial charge in [-0.25, -0.2) is 0 Å². The second-order valence-corrected chi connectivity index (χ2v) is 4.13. The maximum Gasteiger partial charge on any atom is 0.306 e. The van der Waals surface area contributed by atoms with E-state index in [2.05, 4.69) is 10.6 Å². The van der Waals surface area contributed by atoms with E-state index in [1.807, 2.05) is 0 Å². The van der Waals surface area contributed by atoms with Crippen molar-refractivity contribution in [1.29, 1.82) is 0 Å². The maximum absolute atomic E-state index is 13.1. The number of nitro benzene ring substituents is 1. The summed E-state index contributed by atoms with van der Waals surface area (Å²) in [5.74, 6) is -1.23. The number of carbonyl (C=O) groups is 1. The van der Waals surface area contributed by atoms with Crippen LogP contribution in [-0.4, -0.2) is 23.4 Å². The first-order valence-electron chi connectivity index (χ1n) is 5.53. The van der Waals surface area contributed by atoms with Crippen LogP contribution < -0.4 is 10.6 Å². The molecule has 1 amide bonds. The molecule has 1 aliphatic rings. The first kappa shape index (κ1) is 12.4. The second kappa shape index (κ2) is 5.09. The van der Waals surface area contributed by atoms with Crippen LogP contribution in [0.2, 0.25) is 0 Å². The Bertz CT molecular complexity index is 488. The van der Waals surface area contributed by atoms with E-state index < -0.39 is 16.4 Å². The van der Waals surface area contributed by atoms with Crippen LogP contribution >= 0.6 is 0 Å². The lowest BCUT2D eigenvalue weighted by Gasteiger charge is -2.06. The van der Waals surface area contributed by atoms with Gasteiger partial charge in [-0.15, -0.1) is 0 Å². The number of hydrogen-bond donors (Lipinski definition) is 2. The Hall–Kier alpha value is -2.02. The first-order chi connectivity index (χ1) is 8.56. The van der Waals surface area contributed by atoms with Crippen LogP contribution in [0.25, 0.3) is 0 Å². The van der Waals surface area contributed by atoms with E-state index in [1.165, 1.54) is 6.07 Å². The van der Waals surface area contributed by atoms with Crippen molar-refractivity contribution in [3.05, 3.63) is 34.1 Å². The molecule has 0 spiro atoms. The molecule has 1 aromatic rings. The Labute approximate surface area is 102 Å². The predicted molar refractivity (Wildman–Crippen MR) is 62.7 cm³/mol. The minimum absolute atomic E-state index is 0.149. The number of amides is 1. The van der Waals surface area contributed by atoms with Crippen molar-refractivity contribution in [1.82, 2.24) is 5.32 Å². The highest BCUT2D eigenvalue weighted by molar-refractivity contribution is 5.92. The molecule has 0 radical (unpaired) electrons. The van der Waals surface area contributed by atoms with E-state index in [4.69, 9.17) is 0 Å². The first-order valence-corrected chi connectivity index (χ1v) is 5.53. The van der Waals surface area contributed by atoms with Gasteiger partial charge in [0.15, 0.2) is 0 Å². The lowest BCUT2D eigenvalue weighted by Crippen LogP contribution is -2.29. The molecule has 0 atom stereocenters. The highest BCUT2D eigenvalue weighted by atomic mass is 19.1. The van der Waals surface area contributed by atoms with E-state index in [9.17, 15) is 19.3 Å². The molecule has 96 valence electrons. The maximum atomic E-state index is 13.1. The van der Waals surface area contributed by atoms with Gasteiger partial charge in [0.2, 0.25) is 11.7 Å². The summed E-state index contributed by atoms with van der Waals surface area (Å²) in [5, 5.41) is 16.0. The zero-order valence-electron chi connectivity index (χ0n) is 9.48. The topological polar surface area (TPSA) is 84.3 Å². The fraction of sp³-hybridized carbons (Fsp3) is 0.364. The molecule has 18 heavy (non-hydrogen) atoms. The number of rotatable bonds is 5. The lowest BCUT2D eigenvalue weighted by molar-refractivity contribution is -0.387. The van der Waals surface area contributed by atoms with Gasteiger partial charge in [-0.1, -0.05) is 0 Å². The molecule has 7 heteroatoms. The van der Waals surface area contributed by atoms with Gasteiger partial charge in [0.1, 0.15) is 0 Å². The number of carbonyl (C=O) groups excluding carboxylic acids is 1. The Morgan fingerprint density at radius 3 is 2.83 bits per heavy atom. The summed E-state index contributed by atoms with van der Waals surface area (Å²) >= 11 is 0. The summed E-state index contributed by atoms with van der Waals surface area (Å²) in [6.45, 7) is 0.149. The van der Waals surface area contributed by atoms with Gasteiger partial charge in [0.05, 0.1) is 11.5 Å². The molecule has 1 saturated carbocycles. The minimum atomic E-state index is -0.922. The van der Waals surface area contributed by atoms with Crippen molar-refractivity contribution >= 4 is 17.3 Å². The van der Waals surface area contributed by atoms with E-state index in [-0.39, 0.29) is 18.1 Å². The smallest absolute Gasteiger partial charge is 0.306 e. The third-order valence-corrected chi connectivity index (χ3v) is 2.56. The Morgan fingerprint density at radius 2 is 2.22 bits per heavy atom. The van der Waals surface area contributed by atoms with E-state index in [0.29, 0.717) is 6.04 Å². The van der Waals surface area contributed by atoms with Crippen LogP contribution in [0.5, 0.6) is 0 Å². The van der Waals surface area contributed by atoms with Crippen molar-refractivity contribution in [2.24, 2.45) is 0 Å². The summed E-state index contributed by atoms with van der Waals surface area (Å²) in [6, 6.07) is 3.65. The van der Waals surface area contributed by atoms with Gasteiger partial charge < -0.3 is 10.6 Å². The molecule has 2 N–H and O–H groups in total. The molecule has 0 unspecified atom stereocenters. The molecule has 0 bridgehead atoms. The molecule has 1 fully saturated rings. The van der Waals surface area contributed by atoms with Crippen molar-refractivity contribution < 1.29 is 14.1 Å². The molecule has 0 aliphatic heterocycles. The summed E-state index contributed by atoms with van der Waals surface area (Å²) in [6.07, 6.45) is 2.13. The standard InChI is InChI=1S/C11H12FN3O3/c12-9-4-3-8(5-10(9)15(17)18)14-11(16)6-13-7-1-2-7/h3-5,7,13H,1-2,6H2,(H,14,16). The SMILES string of the molecule is O=C(CNC1CC1)Nc1ccc(F)c([N+](=O)[O-])c1. The van der Waals surface area contributed by atoms with Gasteiger partial charge >= 0.3 is 5.69 Å². The molecule has 1 aliphatic carbocycles. The van der Waals surface area contributed by atoms with Gasteiger partial charge in [-0.05, 0) is 25.0 Å². The van der Waals surface area contributed by atoms with Crippen molar-refractivity contribution in [3.8, 4) is 0 Å². The predicted octanol–water partition coefficient (Wildman–Crippen LogP) is 1.42. The molecule has 0 aromatic heterocycles. The number of halogens is 1. The van der Waals surface area contributed by atoms with Crippen LogP contribution in [-0.2, 0) is 4.79 Å². The van der Waals surface area contributed by atoms with E-state index >= 15 is 0 Å². The number of nitrogens with zero attached hydrogens (tertiary/aromatic N) is 1. The van der Waals surface area contributed by atoms with Gasteiger partial charge in [0.25, 0.3) is 0 Å². The fourth-order valence-electron chi connectivity index (χ4n) is 1.46. The third kappa shape index (κ3) is 3.24. The minimum Gasteiger partial charge on any atom is -0.325 e. The van der Waals surface area contributed by atoms with Crippen LogP contribution in [0.4, 0.5) is 15.8 Å². The second-order valence-electron chi connectivity index (χ2n) is 4.13.